The summed E-state index contributed by atoms with van der Waals surface area (Å²) in [5.41, 5.74) is 6.01. The molecule has 1 heterocycles. The van der Waals surface area contributed by atoms with E-state index in [1.165, 1.54) is 0 Å². The Morgan fingerprint density at radius 1 is 1.47 bits per heavy atom. The lowest BCUT2D eigenvalue weighted by Gasteiger charge is -2.04. The molecule has 2 aromatic rings. The third-order valence-electron chi connectivity index (χ3n) is 1.85. The lowest BCUT2D eigenvalue weighted by atomic mass is 10.2. The third kappa shape index (κ3) is 1.87. The van der Waals surface area contributed by atoms with Gasteiger partial charge in [0.1, 0.15) is 5.75 Å². The second-order valence-electron chi connectivity index (χ2n) is 2.80. The molecule has 0 saturated carbocycles. The summed E-state index contributed by atoms with van der Waals surface area (Å²) >= 11 is 5.82. The molecule has 15 heavy (non-hydrogen) atoms. The van der Waals surface area contributed by atoms with Crippen LogP contribution in [0.15, 0.2) is 22.7 Å². The monoisotopic (exact) mass is 225 g/mol. The van der Waals surface area contributed by atoms with E-state index in [1.807, 2.05) is 0 Å². The van der Waals surface area contributed by atoms with E-state index in [2.05, 4.69) is 14.7 Å². The molecule has 0 atom stereocenters. The predicted molar refractivity (Wildman–Crippen MR) is 55.7 cm³/mol. The number of benzene rings is 1. The van der Waals surface area contributed by atoms with Crippen LogP contribution >= 0.6 is 11.6 Å². The number of halogens is 1. The van der Waals surface area contributed by atoms with Crippen molar-refractivity contribution in [2.75, 3.05) is 12.8 Å². The Morgan fingerprint density at radius 2 is 2.27 bits per heavy atom. The van der Waals surface area contributed by atoms with Gasteiger partial charge in [-0.2, -0.15) is 4.98 Å². The molecule has 0 aliphatic heterocycles. The highest BCUT2D eigenvalue weighted by molar-refractivity contribution is 6.30. The molecule has 0 fully saturated rings. The highest BCUT2D eigenvalue weighted by atomic mass is 35.5. The minimum atomic E-state index is 0.0157. The number of nitrogens with zero attached hydrogens (tertiary/aromatic N) is 2. The highest BCUT2D eigenvalue weighted by Gasteiger charge is 2.12. The zero-order valence-corrected chi connectivity index (χ0v) is 8.65. The Hall–Kier alpha value is -1.75. The molecular weight excluding hydrogens is 218 g/mol. The van der Waals surface area contributed by atoms with Gasteiger partial charge in [0.05, 0.1) is 12.7 Å². The number of hydrogen-bond donors (Lipinski definition) is 1. The lowest BCUT2D eigenvalue weighted by molar-refractivity contribution is 0.414. The van der Waals surface area contributed by atoms with Gasteiger partial charge in [0.2, 0.25) is 5.82 Å². The molecule has 0 saturated heterocycles. The summed E-state index contributed by atoms with van der Waals surface area (Å²) in [6.07, 6.45) is 0. The maximum atomic E-state index is 5.82. The van der Waals surface area contributed by atoms with E-state index >= 15 is 0 Å². The molecule has 6 heteroatoms. The van der Waals surface area contributed by atoms with Crippen LogP contribution < -0.4 is 10.5 Å². The van der Waals surface area contributed by atoms with Crippen LogP contribution in [0.4, 0.5) is 6.01 Å². The predicted octanol–water partition coefficient (Wildman–Crippen LogP) is 1.98. The second-order valence-corrected chi connectivity index (χ2v) is 3.24. The molecular formula is C9H8ClN3O2. The van der Waals surface area contributed by atoms with Crippen molar-refractivity contribution in [1.29, 1.82) is 0 Å². The fourth-order valence-corrected chi connectivity index (χ4v) is 1.36. The average molecular weight is 226 g/mol. The molecule has 0 radical (unpaired) electrons. The molecule has 0 bridgehead atoms. The van der Waals surface area contributed by atoms with Gasteiger partial charge >= 0.3 is 6.01 Å². The Bertz CT molecular complexity index is 484. The number of aromatic nitrogens is 2. The summed E-state index contributed by atoms with van der Waals surface area (Å²) in [5, 5.41) is 4.27. The van der Waals surface area contributed by atoms with Crippen LogP contribution in [-0.4, -0.2) is 17.3 Å². The molecule has 1 aromatic carbocycles. The van der Waals surface area contributed by atoms with Crippen molar-refractivity contribution in [3.8, 4) is 17.1 Å². The standard InChI is InChI=1S/C9H8ClN3O2/c1-14-7-4-5(10)2-3-6(7)8-12-9(11)15-13-8/h2-4H,1H3,(H2,11,12,13). The Labute approximate surface area is 90.8 Å². The van der Waals surface area contributed by atoms with Gasteiger partial charge in [-0.25, -0.2) is 0 Å². The second kappa shape index (κ2) is 3.78. The smallest absolute Gasteiger partial charge is 0.319 e. The van der Waals surface area contributed by atoms with Gasteiger partial charge in [-0.15, -0.1) is 0 Å². The molecule has 2 N–H and O–H groups in total. The average Bonchev–Trinajstić information content (AvgIpc) is 2.64. The first kappa shape index (κ1) is 9.79. The van der Waals surface area contributed by atoms with Crippen molar-refractivity contribution in [2.24, 2.45) is 0 Å². The summed E-state index contributed by atoms with van der Waals surface area (Å²) in [6, 6.07) is 5.14. The van der Waals surface area contributed by atoms with E-state index in [9.17, 15) is 0 Å². The number of rotatable bonds is 2. The van der Waals surface area contributed by atoms with Crippen LogP contribution in [0, 0.1) is 0 Å². The van der Waals surface area contributed by atoms with E-state index in [4.69, 9.17) is 22.1 Å². The SMILES string of the molecule is COc1cc(Cl)ccc1-c1noc(N)n1. The van der Waals surface area contributed by atoms with Crippen molar-refractivity contribution < 1.29 is 9.26 Å². The fraction of sp³-hybridized carbons (Fsp3) is 0.111. The Morgan fingerprint density at radius 3 is 2.87 bits per heavy atom. The number of ether oxygens (including phenoxy) is 1. The normalized spacial score (nSPS) is 10.3. The molecule has 0 unspecified atom stereocenters. The van der Waals surface area contributed by atoms with Crippen LogP contribution in [-0.2, 0) is 0 Å². The van der Waals surface area contributed by atoms with Gasteiger partial charge in [0.25, 0.3) is 0 Å². The molecule has 0 aliphatic carbocycles. The molecule has 0 aliphatic rings. The van der Waals surface area contributed by atoms with Gasteiger partial charge in [0, 0.05) is 5.02 Å². The van der Waals surface area contributed by atoms with E-state index in [-0.39, 0.29) is 6.01 Å². The Balaban J connectivity index is 2.52. The summed E-state index contributed by atoms with van der Waals surface area (Å²) in [7, 11) is 1.54. The Kier molecular flexibility index (Phi) is 2.47. The molecule has 0 amide bonds. The maximum absolute atomic E-state index is 5.82. The van der Waals surface area contributed by atoms with Gasteiger partial charge in [-0.1, -0.05) is 16.8 Å². The summed E-state index contributed by atoms with van der Waals surface area (Å²) in [6.45, 7) is 0. The van der Waals surface area contributed by atoms with Gasteiger partial charge < -0.3 is 15.0 Å². The zero-order chi connectivity index (χ0) is 10.8. The van der Waals surface area contributed by atoms with Crippen molar-refractivity contribution in [1.82, 2.24) is 10.1 Å². The van der Waals surface area contributed by atoms with E-state index in [1.54, 1.807) is 25.3 Å². The fourth-order valence-electron chi connectivity index (χ4n) is 1.19. The first-order valence-electron chi connectivity index (χ1n) is 4.14. The third-order valence-corrected chi connectivity index (χ3v) is 2.08. The summed E-state index contributed by atoms with van der Waals surface area (Å²) in [4.78, 5) is 3.90. The molecule has 2 rings (SSSR count). The highest BCUT2D eigenvalue weighted by Crippen LogP contribution is 2.30. The van der Waals surface area contributed by atoms with Crippen LogP contribution in [0.1, 0.15) is 0 Å². The van der Waals surface area contributed by atoms with Crippen molar-refractivity contribution in [2.45, 2.75) is 0 Å². The number of anilines is 1. The quantitative estimate of drug-likeness (QED) is 0.846. The van der Waals surface area contributed by atoms with Crippen molar-refractivity contribution >= 4 is 17.6 Å². The lowest BCUT2D eigenvalue weighted by Crippen LogP contribution is -1.90. The van der Waals surface area contributed by atoms with Gasteiger partial charge in [-0.3, -0.25) is 0 Å². The van der Waals surface area contributed by atoms with E-state index in [0.717, 1.165) is 0 Å². The number of hydrogen-bond acceptors (Lipinski definition) is 5. The van der Waals surface area contributed by atoms with Crippen molar-refractivity contribution in [3.63, 3.8) is 0 Å². The first-order valence-corrected chi connectivity index (χ1v) is 4.51. The van der Waals surface area contributed by atoms with E-state index < -0.39 is 0 Å². The maximum Gasteiger partial charge on any atom is 0.319 e. The van der Waals surface area contributed by atoms with Crippen LogP contribution in [0.3, 0.4) is 0 Å². The van der Waals surface area contributed by atoms with Crippen molar-refractivity contribution in [3.05, 3.63) is 23.2 Å². The van der Waals surface area contributed by atoms with E-state index in [0.29, 0.717) is 22.2 Å². The first-order chi connectivity index (χ1) is 7.20. The zero-order valence-electron chi connectivity index (χ0n) is 7.90. The number of methoxy groups -OCH3 is 1. The minimum absolute atomic E-state index is 0.0157. The van der Waals surface area contributed by atoms with Crippen LogP contribution in [0.5, 0.6) is 5.75 Å². The summed E-state index contributed by atoms with van der Waals surface area (Å²) < 4.78 is 9.82. The molecule has 1 aromatic heterocycles. The molecule has 0 spiro atoms. The molecule has 5 nitrogen and oxygen atoms in total. The molecule has 78 valence electrons. The largest absolute Gasteiger partial charge is 0.496 e. The van der Waals surface area contributed by atoms with Crippen LogP contribution in [0.25, 0.3) is 11.4 Å². The number of nitrogen functional groups attached to an aromatic ring is 1. The van der Waals surface area contributed by atoms with Crippen LogP contribution in [0.2, 0.25) is 5.02 Å². The topological polar surface area (TPSA) is 74.2 Å². The van der Waals surface area contributed by atoms with Gasteiger partial charge in [0.15, 0.2) is 0 Å². The summed E-state index contributed by atoms with van der Waals surface area (Å²) in [5.74, 6) is 0.948. The number of nitrogens with two attached hydrogens (primary N) is 1. The van der Waals surface area contributed by atoms with Gasteiger partial charge in [-0.05, 0) is 18.2 Å². The minimum Gasteiger partial charge on any atom is -0.496 e.